The number of nitrogens with one attached hydrogen (secondary N) is 1. The Balaban J connectivity index is 2.43. The second-order valence-electron chi connectivity index (χ2n) is 5.55. The molecule has 0 saturated heterocycles. The Hall–Kier alpha value is -1.61. The smallest absolute Gasteiger partial charge is 0.0955 e. The standard InChI is InChI=1S/C15H21N3/c1-15(2,3)18-11-17-10-14(18)13-7-5-6-12(8-13)9-16-4/h5-8,10-11,16H,9H2,1-4H3. The summed E-state index contributed by atoms with van der Waals surface area (Å²) >= 11 is 0. The summed E-state index contributed by atoms with van der Waals surface area (Å²) in [6.45, 7) is 7.46. The quantitative estimate of drug-likeness (QED) is 0.898. The highest BCUT2D eigenvalue weighted by molar-refractivity contribution is 5.60. The van der Waals surface area contributed by atoms with Gasteiger partial charge in [0.05, 0.1) is 18.2 Å². The summed E-state index contributed by atoms with van der Waals surface area (Å²) < 4.78 is 2.21. The molecule has 1 heterocycles. The number of hydrogen-bond acceptors (Lipinski definition) is 2. The Morgan fingerprint density at radius 2 is 2.06 bits per heavy atom. The maximum atomic E-state index is 4.29. The van der Waals surface area contributed by atoms with Gasteiger partial charge in [-0.05, 0) is 39.4 Å². The molecule has 3 nitrogen and oxygen atoms in total. The zero-order valence-corrected chi connectivity index (χ0v) is 11.6. The molecule has 0 aliphatic heterocycles. The van der Waals surface area contributed by atoms with Crippen LogP contribution in [0.2, 0.25) is 0 Å². The van der Waals surface area contributed by atoms with Crippen LogP contribution < -0.4 is 5.32 Å². The highest BCUT2D eigenvalue weighted by atomic mass is 15.1. The first-order chi connectivity index (χ1) is 8.52. The van der Waals surface area contributed by atoms with Gasteiger partial charge in [0, 0.05) is 17.6 Å². The lowest BCUT2D eigenvalue weighted by Crippen LogP contribution is -2.21. The molecule has 0 radical (unpaired) electrons. The molecule has 0 aliphatic rings. The van der Waals surface area contributed by atoms with E-state index < -0.39 is 0 Å². The third kappa shape index (κ3) is 2.62. The normalized spacial score (nSPS) is 11.8. The van der Waals surface area contributed by atoms with Crippen LogP contribution in [-0.4, -0.2) is 16.6 Å². The summed E-state index contributed by atoms with van der Waals surface area (Å²) in [6.07, 6.45) is 3.84. The topological polar surface area (TPSA) is 29.9 Å². The average Bonchev–Trinajstić information content (AvgIpc) is 2.78. The molecule has 0 aliphatic carbocycles. The second-order valence-corrected chi connectivity index (χ2v) is 5.55. The molecule has 0 fully saturated rings. The van der Waals surface area contributed by atoms with Gasteiger partial charge in [0.2, 0.25) is 0 Å². The van der Waals surface area contributed by atoms with Gasteiger partial charge in [-0.1, -0.05) is 18.2 Å². The van der Waals surface area contributed by atoms with Crippen LogP contribution in [0.15, 0.2) is 36.8 Å². The van der Waals surface area contributed by atoms with E-state index in [4.69, 9.17) is 0 Å². The van der Waals surface area contributed by atoms with Gasteiger partial charge in [0.15, 0.2) is 0 Å². The molecule has 18 heavy (non-hydrogen) atoms. The van der Waals surface area contributed by atoms with Crippen LogP contribution in [0, 0.1) is 0 Å². The zero-order valence-electron chi connectivity index (χ0n) is 11.6. The Morgan fingerprint density at radius 3 is 2.72 bits per heavy atom. The molecule has 3 heteroatoms. The monoisotopic (exact) mass is 243 g/mol. The van der Waals surface area contributed by atoms with E-state index >= 15 is 0 Å². The third-order valence-electron chi connectivity index (χ3n) is 2.96. The Morgan fingerprint density at radius 1 is 1.28 bits per heavy atom. The van der Waals surface area contributed by atoms with Gasteiger partial charge in [-0.2, -0.15) is 0 Å². The van der Waals surface area contributed by atoms with Crippen molar-refractivity contribution in [1.82, 2.24) is 14.9 Å². The predicted molar refractivity (Wildman–Crippen MR) is 75.4 cm³/mol. The van der Waals surface area contributed by atoms with E-state index in [9.17, 15) is 0 Å². The average molecular weight is 243 g/mol. The number of rotatable bonds is 3. The van der Waals surface area contributed by atoms with Crippen molar-refractivity contribution in [3.05, 3.63) is 42.4 Å². The van der Waals surface area contributed by atoms with E-state index in [1.807, 2.05) is 19.6 Å². The van der Waals surface area contributed by atoms with E-state index in [1.54, 1.807) is 0 Å². The third-order valence-corrected chi connectivity index (χ3v) is 2.96. The Kier molecular flexibility index (Phi) is 3.53. The van der Waals surface area contributed by atoms with E-state index in [2.05, 4.69) is 59.9 Å². The van der Waals surface area contributed by atoms with Crippen molar-refractivity contribution >= 4 is 0 Å². The molecule has 0 bridgehead atoms. The zero-order chi connectivity index (χ0) is 13.2. The molecule has 1 aromatic carbocycles. The van der Waals surface area contributed by atoms with Crippen molar-refractivity contribution in [3.63, 3.8) is 0 Å². The summed E-state index contributed by atoms with van der Waals surface area (Å²) in [5, 5.41) is 3.18. The van der Waals surface area contributed by atoms with E-state index in [0.717, 1.165) is 6.54 Å². The van der Waals surface area contributed by atoms with E-state index in [1.165, 1.54) is 16.8 Å². The highest BCUT2D eigenvalue weighted by Gasteiger charge is 2.17. The lowest BCUT2D eigenvalue weighted by atomic mass is 10.0. The lowest BCUT2D eigenvalue weighted by molar-refractivity contribution is 0.400. The molecule has 0 saturated carbocycles. The number of benzene rings is 1. The lowest BCUT2D eigenvalue weighted by Gasteiger charge is -2.23. The number of nitrogens with zero attached hydrogens (tertiary/aromatic N) is 2. The fourth-order valence-electron chi connectivity index (χ4n) is 2.09. The summed E-state index contributed by atoms with van der Waals surface area (Å²) in [6, 6.07) is 8.59. The van der Waals surface area contributed by atoms with Crippen LogP contribution in [0.3, 0.4) is 0 Å². The van der Waals surface area contributed by atoms with Crippen molar-refractivity contribution in [2.75, 3.05) is 7.05 Å². The minimum atomic E-state index is 0.0465. The van der Waals surface area contributed by atoms with Gasteiger partial charge in [-0.15, -0.1) is 0 Å². The Labute approximate surface area is 109 Å². The van der Waals surface area contributed by atoms with Crippen LogP contribution in [0.1, 0.15) is 26.3 Å². The fourth-order valence-corrected chi connectivity index (χ4v) is 2.09. The first-order valence-electron chi connectivity index (χ1n) is 6.29. The van der Waals surface area contributed by atoms with Gasteiger partial charge in [0.25, 0.3) is 0 Å². The van der Waals surface area contributed by atoms with Gasteiger partial charge in [0.1, 0.15) is 0 Å². The van der Waals surface area contributed by atoms with Crippen molar-refractivity contribution in [1.29, 1.82) is 0 Å². The minimum absolute atomic E-state index is 0.0465. The summed E-state index contributed by atoms with van der Waals surface area (Å²) in [4.78, 5) is 4.29. The number of aromatic nitrogens is 2. The van der Waals surface area contributed by atoms with Gasteiger partial charge < -0.3 is 9.88 Å². The molecule has 1 aromatic heterocycles. The first-order valence-corrected chi connectivity index (χ1v) is 6.29. The van der Waals surface area contributed by atoms with Crippen molar-refractivity contribution in [3.8, 4) is 11.3 Å². The molecule has 0 amide bonds. The summed E-state index contributed by atoms with van der Waals surface area (Å²) in [5.74, 6) is 0. The van der Waals surface area contributed by atoms with Crippen molar-refractivity contribution in [2.24, 2.45) is 0 Å². The van der Waals surface area contributed by atoms with Gasteiger partial charge in [-0.25, -0.2) is 4.98 Å². The molecule has 0 atom stereocenters. The molecule has 2 rings (SSSR count). The van der Waals surface area contributed by atoms with E-state index in [-0.39, 0.29) is 5.54 Å². The van der Waals surface area contributed by atoms with Crippen LogP contribution in [0.5, 0.6) is 0 Å². The van der Waals surface area contributed by atoms with Crippen molar-refractivity contribution < 1.29 is 0 Å². The summed E-state index contributed by atoms with van der Waals surface area (Å²) in [7, 11) is 1.96. The van der Waals surface area contributed by atoms with Crippen LogP contribution in [0.4, 0.5) is 0 Å². The van der Waals surface area contributed by atoms with Crippen LogP contribution >= 0.6 is 0 Å². The van der Waals surface area contributed by atoms with Crippen LogP contribution in [-0.2, 0) is 12.1 Å². The summed E-state index contributed by atoms with van der Waals surface area (Å²) in [5.41, 5.74) is 3.72. The van der Waals surface area contributed by atoms with Gasteiger partial charge in [-0.3, -0.25) is 0 Å². The number of hydrogen-bond donors (Lipinski definition) is 1. The SMILES string of the molecule is CNCc1cccc(-c2cncn2C(C)(C)C)c1. The molecular weight excluding hydrogens is 222 g/mol. The molecule has 96 valence electrons. The maximum absolute atomic E-state index is 4.29. The maximum Gasteiger partial charge on any atom is 0.0955 e. The fraction of sp³-hybridized carbons (Fsp3) is 0.400. The highest BCUT2D eigenvalue weighted by Crippen LogP contribution is 2.26. The van der Waals surface area contributed by atoms with Gasteiger partial charge >= 0.3 is 0 Å². The predicted octanol–water partition coefficient (Wildman–Crippen LogP) is 3.02. The minimum Gasteiger partial charge on any atom is -0.325 e. The Bertz CT molecular complexity index is 521. The molecule has 0 unspecified atom stereocenters. The second kappa shape index (κ2) is 4.94. The molecular formula is C15H21N3. The first kappa shape index (κ1) is 12.8. The van der Waals surface area contributed by atoms with Crippen LogP contribution in [0.25, 0.3) is 11.3 Å². The molecule has 1 N–H and O–H groups in total. The molecule has 2 aromatic rings. The molecule has 0 spiro atoms. The van der Waals surface area contributed by atoms with E-state index in [0.29, 0.717) is 0 Å². The number of imidazole rings is 1. The largest absolute Gasteiger partial charge is 0.325 e. The van der Waals surface area contributed by atoms with Crippen molar-refractivity contribution in [2.45, 2.75) is 32.9 Å².